The summed E-state index contributed by atoms with van der Waals surface area (Å²) in [6.45, 7) is 4.25. The molecule has 122 valence electrons. The molecule has 23 heavy (non-hydrogen) atoms. The number of morpholine rings is 1. The molecule has 1 atom stereocenters. The fraction of sp³-hybridized carbons (Fsp3) is 0.438. The van der Waals surface area contributed by atoms with Crippen LogP contribution in [0.5, 0.6) is 0 Å². The molecule has 1 aliphatic rings. The van der Waals surface area contributed by atoms with E-state index in [-0.39, 0.29) is 16.7 Å². The molecule has 0 N–H and O–H groups in total. The van der Waals surface area contributed by atoms with Crippen LogP contribution in [0.4, 0.5) is 0 Å². The predicted molar refractivity (Wildman–Crippen MR) is 89.7 cm³/mol. The van der Waals surface area contributed by atoms with Crippen molar-refractivity contribution in [2.24, 2.45) is 7.05 Å². The predicted octanol–water partition coefficient (Wildman–Crippen LogP) is 1.27. The highest BCUT2D eigenvalue weighted by atomic mass is 32.2. The Morgan fingerprint density at radius 3 is 2.74 bits per heavy atom. The van der Waals surface area contributed by atoms with Gasteiger partial charge in [0.05, 0.1) is 29.4 Å². The molecule has 0 radical (unpaired) electrons. The number of carbonyl (C=O) groups excluding carboxylic acids is 1. The van der Waals surface area contributed by atoms with E-state index >= 15 is 0 Å². The van der Waals surface area contributed by atoms with E-state index in [2.05, 4.69) is 4.98 Å². The number of amides is 1. The van der Waals surface area contributed by atoms with Crippen molar-refractivity contribution in [2.45, 2.75) is 17.3 Å². The van der Waals surface area contributed by atoms with Gasteiger partial charge in [0.1, 0.15) is 0 Å². The first-order valence-electron chi connectivity index (χ1n) is 7.57. The molecule has 1 aromatic carbocycles. The average Bonchev–Trinajstić information content (AvgIpc) is 2.59. The van der Waals surface area contributed by atoms with Crippen LogP contribution in [0.2, 0.25) is 0 Å². The second-order valence-corrected chi connectivity index (χ2v) is 6.78. The van der Waals surface area contributed by atoms with Crippen LogP contribution in [0, 0.1) is 0 Å². The molecule has 6 nitrogen and oxygen atoms in total. The number of thioether (sulfide) groups is 1. The van der Waals surface area contributed by atoms with Crippen LogP contribution in [-0.2, 0) is 16.6 Å². The number of nitrogens with zero attached hydrogens (tertiary/aromatic N) is 3. The van der Waals surface area contributed by atoms with Crippen molar-refractivity contribution in [2.75, 3.05) is 26.3 Å². The van der Waals surface area contributed by atoms with E-state index in [1.54, 1.807) is 18.0 Å². The van der Waals surface area contributed by atoms with E-state index in [0.717, 1.165) is 0 Å². The Balaban J connectivity index is 1.84. The lowest BCUT2D eigenvalue weighted by atomic mass is 10.2. The molecule has 0 bridgehead atoms. The van der Waals surface area contributed by atoms with E-state index in [4.69, 9.17) is 4.74 Å². The number of aromatic nitrogens is 2. The van der Waals surface area contributed by atoms with Crippen molar-refractivity contribution in [1.29, 1.82) is 0 Å². The molecule has 1 fully saturated rings. The van der Waals surface area contributed by atoms with Gasteiger partial charge in [-0.15, -0.1) is 0 Å². The van der Waals surface area contributed by atoms with Gasteiger partial charge in [-0.3, -0.25) is 14.2 Å². The van der Waals surface area contributed by atoms with Crippen molar-refractivity contribution >= 4 is 28.6 Å². The molecule has 0 spiro atoms. The van der Waals surface area contributed by atoms with E-state index in [0.29, 0.717) is 42.4 Å². The third-order valence-corrected chi connectivity index (χ3v) is 5.03. The fourth-order valence-corrected chi connectivity index (χ4v) is 3.51. The van der Waals surface area contributed by atoms with Gasteiger partial charge in [0.2, 0.25) is 5.91 Å². The standard InChI is InChI=1S/C16H19N3O3S/c1-11(14(20)19-7-9-22-10-8-19)23-16-17-13-6-4-3-5-12(13)15(21)18(16)2/h3-6,11H,7-10H2,1-2H3. The first-order valence-corrected chi connectivity index (χ1v) is 8.45. The molecule has 3 rings (SSSR count). The van der Waals surface area contributed by atoms with Crippen LogP contribution in [0.1, 0.15) is 6.92 Å². The summed E-state index contributed by atoms with van der Waals surface area (Å²) in [5.74, 6) is 0.0562. The molecule has 1 aromatic heterocycles. The topological polar surface area (TPSA) is 64.4 Å². The van der Waals surface area contributed by atoms with Crippen LogP contribution < -0.4 is 5.56 Å². The minimum Gasteiger partial charge on any atom is -0.378 e. The van der Waals surface area contributed by atoms with Gasteiger partial charge in [-0.25, -0.2) is 4.98 Å². The number of rotatable bonds is 3. The lowest BCUT2D eigenvalue weighted by Crippen LogP contribution is -2.44. The lowest BCUT2D eigenvalue weighted by Gasteiger charge is -2.29. The van der Waals surface area contributed by atoms with Crippen molar-refractivity contribution in [3.63, 3.8) is 0 Å². The number of para-hydroxylation sites is 1. The smallest absolute Gasteiger partial charge is 0.261 e. The maximum atomic E-state index is 12.5. The summed E-state index contributed by atoms with van der Waals surface area (Å²) in [5.41, 5.74) is 0.563. The molecule has 1 unspecified atom stereocenters. The minimum atomic E-state index is -0.299. The van der Waals surface area contributed by atoms with Crippen molar-refractivity contribution in [3.05, 3.63) is 34.6 Å². The van der Waals surface area contributed by atoms with E-state index < -0.39 is 0 Å². The highest BCUT2D eigenvalue weighted by Crippen LogP contribution is 2.23. The quantitative estimate of drug-likeness (QED) is 0.625. The fourth-order valence-electron chi connectivity index (χ4n) is 2.55. The van der Waals surface area contributed by atoms with Crippen molar-refractivity contribution in [3.8, 4) is 0 Å². The van der Waals surface area contributed by atoms with Crippen LogP contribution in [0.3, 0.4) is 0 Å². The van der Waals surface area contributed by atoms with Crippen molar-refractivity contribution in [1.82, 2.24) is 14.5 Å². The number of carbonyl (C=O) groups is 1. The number of ether oxygens (including phenoxy) is 1. The Labute approximate surface area is 138 Å². The molecule has 2 heterocycles. The van der Waals surface area contributed by atoms with Gasteiger partial charge in [0.25, 0.3) is 5.56 Å². The summed E-state index contributed by atoms with van der Waals surface area (Å²) < 4.78 is 6.78. The summed E-state index contributed by atoms with van der Waals surface area (Å²) >= 11 is 1.32. The average molecular weight is 333 g/mol. The molecule has 1 saturated heterocycles. The van der Waals surface area contributed by atoms with Gasteiger partial charge in [-0.1, -0.05) is 23.9 Å². The third-order valence-electron chi connectivity index (χ3n) is 3.89. The first kappa shape index (κ1) is 16.0. The Bertz CT molecular complexity index is 784. The van der Waals surface area contributed by atoms with Gasteiger partial charge >= 0.3 is 0 Å². The first-order chi connectivity index (χ1) is 11.1. The molecular formula is C16H19N3O3S. The highest BCUT2D eigenvalue weighted by Gasteiger charge is 2.24. The molecule has 0 saturated carbocycles. The lowest BCUT2D eigenvalue weighted by molar-refractivity contribution is -0.134. The van der Waals surface area contributed by atoms with Gasteiger partial charge in [-0.05, 0) is 19.1 Å². The summed E-state index contributed by atoms with van der Waals surface area (Å²) in [4.78, 5) is 31.2. The number of hydrogen-bond acceptors (Lipinski definition) is 5. The molecule has 1 amide bonds. The second kappa shape index (κ2) is 6.72. The zero-order chi connectivity index (χ0) is 16.4. The Hall–Kier alpha value is -1.86. The number of fused-ring (bicyclic) bond motifs is 1. The summed E-state index contributed by atoms with van der Waals surface area (Å²) in [5, 5.41) is 0.849. The third kappa shape index (κ3) is 3.25. The Kier molecular flexibility index (Phi) is 4.68. The summed E-state index contributed by atoms with van der Waals surface area (Å²) in [6, 6.07) is 7.25. The minimum absolute atomic E-state index is 0.0562. The van der Waals surface area contributed by atoms with Gasteiger partial charge in [0.15, 0.2) is 5.16 Å². The number of benzene rings is 1. The maximum absolute atomic E-state index is 12.5. The molecule has 1 aliphatic heterocycles. The van der Waals surface area contributed by atoms with E-state index in [1.165, 1.54) is 16.3 Å². The summed E-state index contributed by atoms with van der Waals surface area (Å²) in [6.07, 6.45) is 0. The monoisotopic (exact) mass is 333 g/mol. The molecule has 7 heteroatoms. The molecule has 0 aliphatic carbocycles. The molecule has 2 aromatic rings. The zero-order valence-electron chi connectivity index (χ0n) is 13.2. The van der Waals surface area contributed by atoms with Gasteiger partial charge < -0.3 is 9.64 Å². The maximum Gasteiger partial charge on any atom is 0.261 e. The van der Waals surface area contributed by atoms with E-state index in [1.807, 2.05) is 25.1 Å². The van der Waals surface area contributed by atoms with Crippen molar-refractivity contribution < 1.29 is 9.53 Å². The summed E-state index contributed by atoms with van der Waals surface area (Å²) in [7, 11) is 1.69. The Morgan fingerprint density at radius 2 is 2.00 bits per heavy atom. The normalized spacial score (nSPS) is 16.5. The highest BCUT2D eigenvalue weighted by molar-refractivity contribution is 8.00. The van der Waals surface area contributed by atoms with Gasteiger partial charge in [-0.2, -0.15) is 0 Å². The SMILES string of the molecule is CC(Sc1nc2ccccc2c(=O)n1C)C(=O)N1CCOCC1. The van der Waals surface area contributed by atoms with Crippen LogP contribution >= 0.6 is 11.8 Å². The van der Waals surface area contributed by atoms with Gasteiger partial charge in [0, 0.05) is 20.1 Å². The zero-order valence-corrected chi connectivity index (χ0v) is 14.0. The van der Waals surface area contributed by atoms with Crippen LogP contribution in [0.15, 0.2) is 34.2 Å². The second-order valence-electron chi connectivity index (χ2n) is 5.47. The van der Waals surface area contributed by atoms with E-state index in [9.17, 15) is 9.59 Å². The molecular weight excluding hydrogens is 314 g/mol. The van der Waals surface area contributed by atoms with Crippen LogP contribution in [0.25, 0.3) is 10.9 Å². The largest absolute Gasteiger partial charge is 0.378 e. The Morgan fingerprint density at radius 1 is 1.30 bits per heavy atom. The van der Waals surface area contributed by atoms with Crippen LogP contribution in [-0.4, -0.2) is 51.9 Å². The number of hydrogen-bond donors (Lipinski definition) is 0.